The van der Waals surface area contributed by atoms with Crippen LogP contribution in [-0.2, 0) is 9.59 Å². The Kier molecular flexibility index (Phi) is 6.34. The monoisotopic (exact) mass is 387 g/mol. The highest BCUT2D eigenvalue weighted by molar-refractivity contribution is 7.14. The van der Waals surface area contributed by atoms with Crippen LogP contribution in [0.2, 0.25) is 0 Å². The molecule has 0 atom stereocenters. The normalized spacial score (nSPS) is 15.0. The second kappa shape index (κ2) is 8.90. The van der Waals surface area contributed by atoms with Crippen molar-refractivity contribution >= 4 is 40.0 Å². The lowest BCUT2D eigenvalue weighted by molar-refractivity contribution is -0.125. The van der Waals surface area contributed by atoms with Crippen LogP contribution in [0.25, 0.3) is 6.08 Å². The summed E-state index contributed by atoms with van der Waals surface area (Å²) in [6, 6.07) is 6.08. The molecule has 0 bridgehead atoms. The van der Waals surface area contributed by atoms with Crippen LogP contribution >= 0.6 is 11.3 Å². The van der Waals surface area contributed by atoms with E-state index in [9.17, 15) is 14.0 Å². The van der Waals surface area contributed by atoms with Crippen molar-refractivity contribution in [3.63, 3.8) is 0 Å². The summed E-state index contributed by atoms with van der Waals surface area (Å²) in [4.78, 5) is 31.9. The van der Waals surface area contributed by atoms with Gasteiger partial charge in [-0.25, -0.2) is 9.37 Å². The fraction of sp³-hybridized carbons (Fsp3) is 0.350. The number of aromatic nitrogens is 1. The first-order valence-electron chi connectivity index (χ1n) is 9.04. The fourth-order valence-electron chi connectivity index (χ4n) is 3.05. The molecule has 0 saturated carbocycles. The van der Waals surface area contributed by atoms with Gasteiger partial charge in [-0.2, -0.15) is 0 Å². The Morgan fingerprint density at radius 3 is 2.56 bits per heavy atom. The van der Waals surface area contributed by atoms with Gasteiger partial charge in [0.1, 0.15) is 5.82 Å². The Morgan fingerprint density at radius 1 is 1.19 bits per heavy atom. The van der Waals surface area contributed by atoms with Crippen molar-refractivity contribution in [2.75, 3.05) is 18.0 Å². The van der Waals surface area contributed by atoms with Crippen molar-refractivity contribution in [1.82, 2.24) is 9.88 Å². The number of nitrogens with zero attached hydrogens (tertiary/aromatic N) is 3. The van der Waals surface area contributed by atoms with E-state index in [0.29, 0.717) is 10.8 Å². The third-order valence-corrected chi connectivity index (χ3v) is 5.27. The molecule has 0 N–H and O–H groups in total. The average molecular weight is 387 g/mol. The maximum Gasteiger partial charge on any atom is 0.246 e. The van der Waals surface area contributed by atoms with Gasteiger partial charge in [-0.1, -0.05) is 25.0 Å². The standard InChI is InChI=1S/C20H22FN3O2S/c1-15(25)24(18-9-5-4-8-17(18)21)20-22-16(14-27-20)10-11-19(26)23-12-6-2-3-7-13-23/h4-5,8-11,14H,2-3,6-7,12-13H2,1H3/b11-10+. The summed E-state index contributed by atoms with van der Waals surface area (Å²) in [6.07, 6.45) is 7.57. The van der Waals surface area contributed by atoms with Crippen LogP contribution in [-0.4, -0.2) is 34.8 Å². The molecule has 2 aromatic rings. The topological polar surface area (TPSA) is 53.5 Å². The molecule has 2 heterocycles. The van der Waals surface area contributed by atoms with Crippen LogP contribution in [0.15, 0.2) is 35.7 Å². The Balaban J connectivity index is 1.75. The van der Waals surface area contributed by atoms with Crippen molar-refractivity contribution in [2.45, 2.75) is 32.6 Å². The van der Waals surface area contributed by atoms with E-state index in [4.69, 9.17) is 0 Å². The average Bonchev–Trinajstić information content (AvgIpc) is 2.93. The van der Waals surface area contributed by atoms with Crippen LogP contribution < -0.4 is 4.90 Å². The van der Waals surface area contributed by atoms with Crippen LogP contribution in [0.3, 0.4) is 0 Å². The molecule has 0 aliphatic carbocycles. The molecule has 1 aliphatic rings. The molecule has 1 saturated heterocycles. The summed E-state index contributed by atoms with van der Waals surface area (Å²) in [5.41, 5.74) is 0.733. The van der Waals surface area contributed by atoms with Crippen molar-refractivity contribution in [2.24, 2.45) is 0 Å². The van der Waals surface area contributed by atoms with E-state index in [1.54, 1.807) is 23.6 Å². The number of hydrogen-bond donors (Lipinski definition) is 0. The van der Waals surface area contributed by atoms with Crippen LogP contribution in [0.5, 0.6) is 0 Å². The third-order valence-electron chi connectivity index (χ3n) is 4.42. The van der Waals surface area contributed by atoms with Gasteiger partial charge in [0.25, 0.3) is 0 Å². The van der Waals surface area contributed by atoms with E-state index >= 15 is 0 Å². The number of carbonyl (C=O) groups excluding carboxylic acids is 2. The van der Waals surface area contributed by atoms with E-state index in [0.717, 1.165) is 25.9 Å². The van der Waals surface area contributed by atoms with Crippen molar-refractivity contribution in [3.05, 3.63) is 47.2 Å². The molecule has 0 radical (unpaired) electrons. The minimum atomic E-state index is -0.490. The minimum Gasteiger partial charge on any atom is -0.339 e. The molecule has 142 valence electrons. The predicted molar refractivity (Wildman–Crippen MR) is 105 cm³/mol. The van der Waals surface area contributed by atoms with Crippen LogP contribution in [0.4, 0.5) is 15.2 Å². The van der Waals surface area contributed by atoms with Gasteiger partial charge < -0.3 is 4.90 Å². The Hall–Kier alpha value is -2.54. The number of halogens is 1. The highest BCUT2D eigenvalue weighted by Gasteiger charge is 2.20. The molecule has 0 spiro atoms. The third kappa shape index (κ3) is 4.80. The quantitative estimate of drug-likeness (QED) is 0.732. The summed E-state index contributed by atoms with van der Waals surface area (Å²) in [5, 5.41) is 2.12. The Labute approximate surface area is 162 Å². The fourth-order valence-corrected chi connectivity index (χ4v) is 3.90. The zero-order valence-electron chi connectivity index (χ0n) is 15.2. The van der Waals surface area contributed by atoms with Gasteiger partial charge >= 0.3 is 0 Å². The molecule has 1 aromatic carbocycles. The molecule has 7 heteroatoms. The summed E-state index contributed by atoms with van der Waals surface area (Å²) in [7, 11) is 0. The van der Waals surface area contributed by atoms with Gasteiger partial charge in [-0.3, -0.25) is 14.5 Å². The number of para-hydroxylation sites is 1. The van der Waals surface area contributed by atoms with Gasteiger partial charge in [0.15, 0.2) is 5.13 Å². The number of hydrogen-bond acceptors (Lipinski definition) is 4. The minimum absolute atomic E-state index is 0.0241. The summed E-state index contributed by atoms with van der Waals surface area (Å²) in [5.74, 6) is -0.842. The maximum absolute atomic E-state index is 14.1. The zero-order valence-corrected chi connectivity index (χ0v) is 16.0. The smallest absolute Gasteiger partial charge is 0.246 e. The number of anilines is 2. The summed E-state index contributed by atoms with van der Waals surface area (Å²) < 4.78 is 14.1. The molecule has 2 amide bonds. The van der Waals surface area contributed by atoms with E-state index in [2.05, 4.69) is 4.98 Å². The zero-order chi connectivity index (χ0) is 19.2. The van der Waals surface area contributed by atoms with Crippen LogP contribution in [0.1, 0.15) is 38.3 Å². The van der Waals surface area contributed by atoms with E-state index in [1.807, 2.05) is 4.90 Å². The highest BCUT2D eigenvalue weighted by atomic mass is 32.1. The first-order chi connectivity index (χ1) is 13.1. The summed E-state index contributed by atoms with van der Waals surface area (Å²) >= 11 is 1.23. The van der Waals surface area contributed by atoms with Gasteiger partial charge in [-0.15, -0.1) is 11.3 Å². The molecule has 1 aliphatic heterocycles. The number of carbonyl (C=O) groups is 2. The predicted octanol–water partition coefficient (Wildman–Crippen LogP) is 4.38. The van der Waals surface area contributed by atoms with E-state index < -0.39 is 5.82 Å². The van der Waals surface area contributed by atoms with E-state index in [-0.39, 0.29) is 17.5 Å². The largest absolute Gasteiger partial charge is 0.339 e. The van der Waals surface area contributed by atoms with Gasteiger partial charge in [-0.05, 0) is 31.1 Å². The Bertz CT molecular complexity index is 841. The number of thiazole rings is 1. The maximum atomic E-state index is 14.1. The highest BCUT2D eigenvalue weighted by Crippen LogP contribution is 2.31. The number of likely N-dealkylation sites (tertiary alicyclic amines) is 1. The molecular formula is C20H22FN3O2S. The number of benzene rings is 1. The number of amides is 2. The number of rotatable bonds is 4. The molecule has 1 fully saturated rings. The van der Waals surface area contributed by atoms with Gasteiger partial charge in [0, 0.05) is 31.5 Å². The molecule has 1 aromatic heterocycles. The molecule has 3 rings (SSSR count). The summed E-state index contributed by atoms with van der Waals surface area (Å²) in [6.45, 7) is 2.94. The second-order valence-electron chi connectivity index (χ2n) is 6.43. The first kappa shape index (κ1) is 19.2. The molecule has 27 heavy (non-hydrogen) atoms. The molecule has 0 unspecified atom stereocenters. The van der Waals surface area contributed by atoms with E-state index in [1.165, 1.54) is 54.2 Å². The first-order valence-corrected chi connectivity index (χ1v) is 9.92. The Morgan fingerprint density at radius 2 is 1.89 bits per heavy atom. The second-order valence-corrected chi connectivity index (χ2v) is 7.27. The van der Waals surface area contributed by atoms with Gasteiger partial charge in [0.2, 0.25) is 11.8 Å². The van der Waals surface area contributed by atoms with Crippen molar-refractivity contribution < 1.29 is 14.0 Å². The molecule has 5 nitrogen and oxygen atoms in total. The SMILES string of the molecule is CC(=O)N(c1nc(/C=C/C(=O)N2CCCCCC2)cs1)c1ccccc1F. The van der Waals surface area contributed by atoms with Crippen LogP contribution in [0, 0.1) is 5.82 Å². The lowest BCUT2D eigenvalue weighted by Gasteiger charge is -2.18. The van der Waals surface area contributed by atoms with Gasteiger partial charge in [0.05, 0.1) is 11.4 Å². The van der Waals surface area contributed by atoms with Crippen molar-refractivity contribution in [1.29, 1.82) is 0 Å². The lowest BCUT2D eigenvalue weighted by atomic mass is 10.2. The lowest BCUT2D eigenvalue weighted by Crippen LogP contribution is -2.30. The molecular weight excluding hydrogens is 365 g/mol. The van der Waals surface area contributed by atoms with Crippen molar-refractivity contribution in [3.8, 4) is 0 Å².